The highest BCUT2D eigenvalue weighted by molar-refractivity contribution is 5.49. The Morgan fingerprint density at radius 1 is 1.06 bits per heavy atom. The highest BCUT2D eigenvalue weighted by Gasteiger charge is 2.19. The molecule has 0 atom stereocenters. The van der Waals surface area contributed by atoms with Crippen LogP contribution in [0.15, 0.2) is 18.2 Å². The van der Waals surface area contributed by atoms with Crippen LogP contribution < -0.4 is 0 Å². The van der Waals surface area contributed by atoms with Crippen LogP contribution in [0.1, 0.15) is 5.56 Å². The molecule has 0 amide bonds. The molecule has 10 heteroatoms. The number of nitro benzene ring substituents is 2. The highest BCUT2D eigenvalue weighted by Crippen LogP contribution is 2.24. The molecule has 0 aliphatic heterocycles. The quantitative estimate of drug-likeness (QED) is 0.551. The smallest absolute Gasteiger partial charge is 0.294 e. The Balaban J connectivity index is 2.93. The van der Waals surface area contributed by atoms with Crippen LogP contribution in [0, 0.1) is 30.3 Å². The van der Waals surface area contributed by atoms with Gasteiger partial charge in [0.15, 0.2) is 0 Å². The summed E-state index contributed by atoms with van der Waals surface area (Å²) in [5, 5.41) is 30.1. The standard InChI is InChI=1S/C8H7N3O7/c12-9(13)7-2-1-6(3-4-18-11(16)17)8(5-7)10(14)15/h1-2,5H,3-4H2. The maximum absolute atomic E-state index is 10.7. The van der Waals surface area contributed by atoms with E-state index in [4.69, 9.17) is 0 Å². The topological polar surface area (TPSA) is 139 Å². The van der Waals surface area contributed by atoms with Gasteiger partial charge in [0, 0.05) is 18.1 Å². The highest BCUT2D eigenvalue weighted by atomic mass is 16.9. The van der Waals surface area contributed by atoms with Gasteiger partial charge >= 0.3 is 0 Å². The minimum Gasteiger partial charge on any atom is -0.314 e. The average molecular weight is 257 g/mol. The summed E-state index contributed by atoms with van der Waals surface area (Å²) < 4.78 is 0. The molecule has 0 heterocycles. The molecule has 0 N–H and O–H groups in total. The van der Waals surface area contributed by atoms with Crippen molar-refractivity contribution in [2.75, 3.05) is 6.61 Å². The third-order valence-corrected chi connectivity index (χ3v) is 2.04. The Hall–Kier alpha value is -2.78. The number of hydrogen-bond acceptors (Lipinski definition) is 7. The van der Waals surface area contributed by atoms with Crippen LogP contribution in [-0.2, 0) is 11.3 Å². The second kappa shape index (κ2) is 5.52. The molecule has 0 aromatic heterocycles. The van der Waals surface area contributed by atoms with E-state index in [0.717, 1.165) is 12.1 Å². The molecule has 0 radical (unpaired) electrons. The number of non-ortho nitro benzene ring substituents is 1. The second-order valence-electron chi connectivity index (χ2n) is 3.13. The Kier molecular flexibility index (Phi) is 4.07. The van der Waals surface area contributed by atoms with Gasteiger partial charge in [-0.2, -0.15) is 0 Å². The lowest BCUT2D eigenvalue weighted by atomic mass is 10.1. The summed E-state index contributed by atoms with van der Waals surface area (Å²) in [6, 6.07) is 3.08. The third kappa shape index (κ3) is 3.37. The van der Waals surface area contributed by atoms with E-state index in [1.165, 1.54) is 6.07 Å². The molecule has 18 heavy (non-hydrogen) atoms. The fraction of sp³-hybridized carbons (Fsp3) is 0.250. The zero-order valence-electron chi connectivity index (χ0n) is 8.85. The van der Waals surface area contributed by atoms with Crippen molar-refractivity contribution in [2.45, 2.75) is 6.42 Å². The molecule has 0 aliphatic rings. The van der Waals surface area contributed by atoms with Gasteiger partial charge in [-0.15, -0.1) is 10.1 Å². The third-order valence-electron chi connectivity index (χ3n) is 2.04. The molecule has 0 bridgehead atoms. The normalized spacial score (nSPS) is 9.78. The van der Waals surface area contributed by atoms with Crippen molar-refractivity contribution < 1.29 is 19.8 Å². The molecule has 0 fully saturated rings. The first-order chi connectivity index (χ1) is 8.41. The fourth-order valence-corrected chi connectivity index (χ4v) is 1.28. The molecule has 0 spiro atoms. The maximum atomic E-state index is 10.7. The summed E-state index contributed by atoms with van der Waals surface area (Å²) in [5.41, 5.74) is -0.746. The fourth-order valence-electron chi connectivity index (χ4n) is 1.28. The Labute approximate surface area is 99.2 Å². The van der Waals surface area contributed by atoms with E-state index in [0.29, 0.717) is 0 Å². The Morgan fingerprint density at radius 3 is 2.22 bits per heavy atom. The Morgan fingerprint density at radius 2 is 1.72 bits per heavy atom. The predicted octanol–water partition coefficient (Wildman–Crippen LogP) is 1.25. The molecule has 1 rings (SSSR count). The summed E-state index contributed by atoms with van der Waals surface area (Å²) in [4.78, 5) is 33.6. The van der Waals surface area contributed by atoms with Crippen molar-refractivity contribution in [2.24, 2.45) is 0 Å². The van der Waals surface area contributed by atoms with Gasteiger partial charge in [-0.3, -0.25) is 20.2 Å². The van der Waals surface area contributed by atoms with Crippen molar-refractivity contribution >= 4 is 11.4 Å². The molecule has 1 aromatic rings. The van der Waals surface area contributed by atoms with Crippen molar-refractivity contribution in [3.8, 4) is 0 Å². The summed E-state index contributed by atoms with van der Waals surface area (Å²) in [6.07, 6.45) is -0.0880. The first kappa shape index (κ1) is 13.3. The molecule has 0 saturated heterocycles. The van der Waals surface area contributed by atoms with Crippen molar-refractivity contribution in [1.29, 1.82) is 0 Å². The zero-order valence-corrected chi connectivity index (χ0v) is 8.85. The van der Waals surface area contributed by atoms with Gasteiger partial charge in [-0.1, -0.05) is 0 Å². The Bertz CT molecular complexity index is 501. The first-order valence-electron chi connectivity index (χ1n) is 4.61. The van der Waals surface area contributed by atoms with Crippen LogP contribution in [0.4, 0.5) is 11.4 Å². The van der Waals surface area contributed by atoms with E-state index in [1.54, 1.807) is 0 Å². The van der Waals surface area contributed by atoms with Gasteiger partial charge in [-0.25, -0.2) is 0 Å². The van der Waals surface area contributed by atoms with Gasteiger partial charge in [0.2, 0.25) is 0 Å². The predicted molar refractivity (Wildman–Crippen MR) is 56.4 cm³/mol. The van der Waals surface area contributed by atoms with Gasteiger partial charge in [0.05, 0.1) is 15.9 Å². The lowest BCUT2D eigenvalue weighted by Crippen LogP contribution is -2.06. The van der Waals surface area contributed by atoms with Crippen LogP contribution in [0.3, 0.4) is 0 Å². The summed E-state index contributed by atoms with van der Waals surface area (Å²) in [5.74, 6) is 0. The number of hydrogen-bond donors (Lipinski definition) is 0. The van der Waals surface area contributed by atoms with Crippen molar-refractivity contribution in [3.05, 3.63) is 54.1 Å². The van der Waals surface area contributed by atoms with Crippen LogP contribution in [0.2, 0.25) is 0 Å². The van der Waals surface area contributed by atoms with Crippen LogP contribution in [0.25, 0.3) is 0 Å². The first-order valence-corrected chi connectivity index (χ1v) is 4.61. The van der Waals surface area contributed by atoms with E-state index in [2.05, 4.69) is 4.84 Å². The maximum Gasteiger partial charge on any atom is 0.294 e. The molecular formula is C8H7N3O7. The van der Waals surface area contributed by atoms with Gasteiger partial charge in [0.25, 0.3) is 16.5 Å². The van der Waals surface area contributed by atoms with E-state index in [9.17, 15) is 30.3 Å². The molecule has 96 valence electrons. The SMILES string of the molecule is O=[N+]([O-])OCCc1ccc([N+](=O)[O-])cc1[N+](=O)[O-]. The molecule has 10 nitrogen and oxygen atoms in total. The number of nitro groups is 2. The lowest BCUT2D eigenvalue weighted by Gasteiger charge is -2.02. The van der Waals surface area contributed by atoms with Crippen molar-refractivity contribution in [3.63, 3.8) is 0 Å². The van der Waals surface area contributed by atoms with Crippen LogP contribution >= 0.6 is 0 Å². The minimum absolute atomic E-state index is 0.0880. The second-order valence-corrected chi connectivity index (χ2v) is 3.13. The largest absolute Gasteiger partial charge is 0.314 e. The minimum atomic E-state index is -1.02. The van der Waals surface area contributed by atoms with Gasteiger partial charge in [0.1, 0.15) is 6.61 Å². The molecule has 0 aliphatic carbocycles. The van der Waals surface area contributed by atoms with Gasteiger partial charge < -0.3 is 4.84 Å². The van der Waals surface area contributed by atoms with Crippen LogP contribution in [-0.4, -0.2) is 21.5 Å². The van der Waals surface area contributed by atoms with Gasteiger partial charge in [-0.05, 0) is 6.07 Å². The monoisotopic (exact) mass is 257 g/mol. The lowest BCUT2D eigenvalue weighted by molar-refractivity contribution is -0.757. The number of benzene rings is 1. The molecule has 0 saturated carbocycles. The summed E-state index contributed by atoms with van der Waals surface area (Å²) >= 11 is 0. The molecule has 1 aromatic carbocycles. The van der Waals surface area contributed by atoms with E-state index in [1.807, 2.05) is 0 Å². The van der Waals surface area contributed by atoms with E-state index < -0.39 is 26.3 Å². The number of nitrogens with zero attached hydrogens (tertiary/aromatic N) is 3. The zero-order chi connectivity index (χ0) is 13.7. The van der Waals surface area contributed by atoms with E-state index >= 15 is 0 Å². The molecular weight excluding hydrogens is 250 g/mol. The van der Waals surface area contributed by atoms with Crippen LogP contribution in [0.5, 0.6) is 0 Å². The number of rotatable bonds is 6. The van der Waals surface area contributed by atoms with Crippen molar-refractivity contribution in [1.82, 2.24) is 0 Å². The van der Waals surface area contributed by atoms with E-state index in [-0.39, 0.29) is 18.6 Å². The molecule has 0 unspecified atom stereocenters. The summed E-state index contributed by atoms with van der Waals surface area (Å²) in [6.45, 7) is -0.356. The average Bonchev–Trinajstić information content (AvgIpc) is 2.28. The summed E-state index contributed by atoms with van der Waals surface area (Å²) in [7, 11) is 0.